The Hall–Kier alpha value is -0.310. The van der Waals surface area contributed by atoms with Crippen molar-refractivity contribution in [1.82, 2.24) is 0 Å². The fourth-order valence-electron chi connectivity index (χ4n) is 6.33. The molecule has 0 amide bonds. The minimum Gasteiger partial charge on any atom is -0.395 e. The van der Waals surface area contributed by atoms with E-state index in [-0.39, 0.29) is 10.8 Å². The highest BCUT2D eigenvalue weighted by molar-refractivity contribution is 6.30. The predicted molar refractivity (Wildman–Crippen MR) is 93.1 cm³/mol. The number of hydrogen-bond acceptors (Lipinski definition) is 2. The van der Waals surface area contributed by atoms with Crippen LogP contribution >= 0.6 is 11.6 Å². The van der Waals surface area contributed by atoms with Gasteiger partial charge in [0.25, 0.3) is 0 Å². The van der Waals surface area contributed by atoms with E-state index in [0.29, 0.717) is 18.4 Å². The van der Waals surface area contributed by atoms with Crippen LogP contribution in [0.5, 0.6) is 0 Å². The van der Waals surface area contributed by atoms with Gasteiger partial charge in [-0.3, -0.25) is 0 Å². The van der Waals surface area contributed by atoms with Crippen molar-refractivity contribution in [3.05, 3.63) is 21.8 Å². The SMILES string of the molecule is C[C@@]1(CO)CCC2=C1CC[C@H]1[C@H]2CCC2=C(Cl)[C@H](O)CC[C@@]21C. The summed E-state index contributed by atoms with van der Waals surface area (Å²) >= 11 is 6.53. The molecule has 4 aliphatic carbocycles. The number of hydrogen-bond donors (Lipinski definition) is 2. The zero-order chi connectivity index (χ0) is 16.4. The van der Waals surface area contributed by atoms with Gasteiger partial charge in [0.1, 0.15) is 0 Å². The molecule has 4 rings (SSSR count). The normalized spacial score (nSPS) is 46.6. The lowest BCUT2D eigenvalue weighted by Gasteiger charge is -2.54. The van der Waals surface area contributed by atoms with Gasteiger partial charge < -0.3 is 10.2 Å². The molecule has 2 nitrogen and oxygen atoms in total. The van der Waals surface area contributed by atoms with Gasteiger partial charge in [0.05, 0.1) is 12.7 Å². The van der Waals surface area contributed by atoms with Crippen LogP contribution in [0.4, 0.5) is 0 Å². The summed E-state index contributed by atoms with van der Waals surface area (Å²) in [6.45, 7) is 4.95. The smallest absolute Gasteiger partial charge is 0.0895 e. The largest absolute Gasteiger partial charge is 0.395 e. The third-order valence-electron chi connectivity index (χ3n) is 7.78. The van der Waals surface area contributed by atoms with Crippen molar-refractivity contribution in [2.45, 2.75) is 71.3 Å². The molecule has 0 aromatic heterocycles. The molecule has 1 saturated carbocycles. The molecule has 23 heavy (non-hydrogen) atoms. The van der Waals surface area contributed by atoms with Gasteiger partial charge in [-0.15, -0.1) is 0 Å². The summed E-state index contributed by atoms with van der Waals surface area (Å²) in [5.74, 6) is 1.35. The Bertz CT molecular complexity index is 592. The van der Waals surface area contributed by atoms with Crippen molar-refractivity contribution in [3.63, 3.8) is 0 Å². The van der Waals surface area contributed by atoms with Crippen LogP contribution in [0, 0.1) is 22.7 Å². The van der Waals surface area contributed by atoms with Crippen LogP contribution in [0.1, 0.15) is 65.2 Å². The summed E-state index contributed by atoms with van der Waals surface area (Å²) < 4.78 is 0. The molecule has 0 heterocycles. The van der Waals surface area contributed by atoms with E-state index in [1.165, 1.54) is 24.8 Å². The molecule has 0 aromatic carbocycles. The van der Waals surface area contributed by atoms with Gasteiger partial charge in [0.15, 0.2) is 0 Å². The zero-order valence-corrected chi connectivity index (χ0v) is 15.1. The van der Waals surface area contributed by atoms with Gasteiger partial charge in [-0.05, 0) is 74.2 Å². The second-order valence-electron chi connectivity index (χ2n) is 8.81. The van der Waals surface area contributed by atoms with E-state index in [0.717, 1.165) is 37.1 Å². The quantitative estimate of drug-likeness (QED) is 0.690. The van der Waals surface area contributed by atoms with Crippen LogP contribution in [-0.2, 0) is 0 Å². The summed E-state index contributed by atoms with van der Waals surface area (Å²) in [6, 6.07) is 0. The third kappa shape index (κ3) is 2.14. The van der Waals surface area contributed by atoms with Crippen LogP contribution in [0.15, 0.2) is 21.8 Å². The van der Waals surface area contributed by atoms with Crippen molar-refractivity contribution in [2.75, 3.05) is 6.61 Å². The first-order valence-corrected chi connectivity index (χ1v) is 9.69. The molecule has 0 bridgehead atoms. The van der Waals surface area contributed by atoms with E-state index in [4.69, 9.17) is 11.6 Å². The van der Waals surface area contributed by atoms with Crippen molar-refractivity contribution in [2.24, 2.45) is 22.7 Å². The first kappa shape index (κ1) is 16.2. The number of fused-ring (bicyclic) bond motifs is 4. The van der Waals surface area contributed by atoms with E-state index in [1.54, 1.807) is 11.1 Å². The Balaban J connectivity index is 1.73. The van der Waals surface area contributed by atoms with Gasteiger partial charge in [-0.1, -0.05) is 36.6 Å². The highest BCUT2D eigenvalue weighted by Gasteiger charge is 2.53. The van der Waals surface area contributed by atoms with E-state index >= 15 is 0 Å². The second kappa shape index (κ2) is 5.34. The Morgan fingerprint density at radius 1 is 1.04 bits per heavy atom. The van der Waals surface area contributed by atoms with Gasteiger partial charge >= 0.3 is 0 Å². The van der Waals surface area contributed by atoms with Crippen molar-refractivity contribution >= 4 is 11.6 Å². The maximum absolute atomic E-state index is 10.2. The second-order valence-corrected chi connectivity index (χ2v) is 9.22. The molecule has 0 radical (unpaired) electrons. The zero-order valence-electron chi connectivity index (χ0n) is 14.4. The molecule has 0 aliphatic heterocycles. The molecule has 0 spiro atoms. The summed E-state index contributed by atoms with van der Waals surface area (Å²) in [5, 5.41) is 20.8. The minimum absolute atomic E-state index is 0.0394. The average Bonchev–Trinajstić information content (AvgIpc) is 2.90. The van der Waals surface area contributed by atoms with E-state index in [9.17, 15) is 10.2 Å². The van der Waals surface area contributed by atoms with Crippen molar-refractivity contribution in [1.29, 1.82) is 0 Å². The number of aliphatic hydroxyl groups is 2. The average molecular weight is 337 g/mol. The Labute approximate surface area is 144 Å². The Morgan fingerprint density at radius 3 is 2.52 bits per heavy atom. The van der Waals surface area contributed by atoms with Gasteiger partial charge in [-0.2, -0.15) is 0 Å². The van der Waals surface area contributed by atoms with Crippen LogP contribution in [0.2, 0.25) is 0 Å². The van der Waals surface area contributed by atoms with Crippen molar-refractivity contribution in [3.8, 4) is 0 Å². The third-order valence-corrected chi connectivity index (χ3v) is 8.26. The van der Waals surface area contributed by atoms with Gasteiger partial charge in [0, 0.05) is 10.4 Å². The molecule has 0 unspecified atom stereocenters. The van der Waals surface area contributed by atoms with Crippen molar-refractivity contribution < 1.29 is 10.2 Å². The van der Waals surface area contributed by atoms with Gasteiger partial charge in [-0.25, -0.2) is 0 Å². The van der Waals surface area contributed by atoms with Gasteiger partial charge in [0.2, 0.25) is 0 Å². The first-order valence-electron chi connectivity index (χ1n) is 9.31. The molecule has 3 heteroatoms. The molecule has 5 atom stereocenters. The molecule has 0 saturated heterocycles. The van der Waals surface area contributed by atoms with Crippen LogP contribution < -0.4 is 0 Å². The lowest BCUT2D eigenvalue weighted by Crippen LogP contribution is -2.45. The van der Waals surface area contributed by atoms with Crippen LogP contribution in [0.3, 0.4) is 0 Å². The number of allylic oxidation sites excluding steroid dienone is 2. The highest BCUT2D eigenvalue weighted by atomic mass is 35.5. The maximum atomic E-state index is 10.2. The molecule has 2 N–H and O–H groups in total. The van der Waals surface area contributed by atoms with E-state index in [2.05, 4.69) is 13.8 Å². The number of rotatable bonds is 1. The number of aliphatic hydroxyl groups excluding tert-OH is 2. The fraction of sp³-hybridized carbons (Fsp3) is 0.800. The standard InChI is InChI=1S/C20H29ClO2/c1-19(11-22)9-7-13-12-3-4-16-18(21)17(23)8-10-20(16,2)15(12)6-5-14(13)19/h12,15,17,22-23H,3-11H2,1-2H3/t12-,15-,17+,19-,20+/m0/s1. The molecule has 4 aliphatic rings. The lowest BCUT2D eigenvalue weighted by molar-refractivity contribution is 0.0652. The summed E-state index contributed by atoms with van der Waals surface area (Å²) in [4.78, 5) is 0. The predicted octanol–water partition coefficient (Wildman–Crippen LogP) is 4.55. The monoisotopic (exact) mass is 336 g/mol. The molecule has 1 fully saturated rings. The van der Waals surface area contributed by atoms with E-state index in [1.807, 2.05) is 0 Å². The Kier molecular flexibility index (Phi) is 3.76. The topological polar surface area (TPSA) is 40.5 Å². The summed E-state index contributed by atoms with van der Waals surface area (Å²) in [7, 11) is 0. The van der Waals surface area contributed by atoms with Crippen LogP contribution in [0.25, 0.3) is 0 Å². The highest BCUT2D eigenvalue weighted by Crippen LogP contribution is 2.63. The molecular weight excluding hydrogens is 308 g/mol. The number of halogens is 1. The fourth-order valence-corrected chi connectivity index (χ4v) is 6.75. The Morgan fingerprint density at radius 2 is 1.78 bits per heavy atom. The minimum atomic E-state index is -0.432. The van der Waals surface area contributed by atoms with Crippen LogP contribution in [-0.4, -0.2) is 22.9 Å². The molecular formula is C20H29ClO2. The summed E-state index contributed by atoms with van der Waals surface area (Å²) in [6.07, 6.45) is 8.34. The maximum Gasteiger partial charge on any atom is 0.0895 e. The first-order chi connectivity index (χ1) is 10.9. The van der Waals surface area contributed by atoms with E-state index < -0.39 is 6.10 Å². The lowest BCUT2D eigenvalue weighted by atomic mass is 9.52. The molecule has 0 aromatic rings. The summed E-state index contributed by atoms with van der Waals surface area (Å²) in [5.41, 5.74) is 4.83. The molecule has 128 valence electrons.